The van der Waals surface area contributed by atoms with Crippen LogP contribution in [0.3, 0.4) is 0 Å². The Kier molecular flexibility index (Phi) is 5.64. The van der Waals surface area contributed by atoms with Crippen molar-refractivity contribution in [2.75, 3.05) is 6.54 Å². The molecule has 7 heteroatoms. The molecule has 1 heterocycles. The van der Waals surface area contributed by atoms with E-state index in [0.717, 1.165) is 0 Å². The summed E-state index contributed by atoms with van der Waals surface area (Å²) in [5.41, 5.74) is 0.332. The van der Waals surface area contributed by atoms with Gasteiger partial charge < -0.3 is 15.7 Å². The van der Waals surface area contributed by atoms with Gasteiger partial charge in [-0.2, -0.15) is 0 Å². The number of aromatic nitrogens is 1. The number of carbonyl (C=O) groups excluding carboxylic acids is 2. The number of aliphatic carboxylic acids is 1. The molecule has 0 aliphatic carbocycles. The lowest BCUT2D eigenvalue weighted by molar-refractivity contribution is -0.142. The van der Waals surface area contributed by atoms with E-state index in [2.05, 4.69) is 15.6 Å². The first-order chi connectivity index (χ1) is 9.41. The van der Waals surface area contributed by atoms with E-state index in [0.29, 0.717) is 5.56 Å². The highest BCUT2D eigenvalue weighted by Gasteiger charge is 2.23. The van der Waals surface area contributed by atoms with Gasteiger partial charge in [-0.25, -0.2) is 4.79 Å². The molecule has 7 nitrogen and oxygen atoms in total. The Morgan fingerprint density at radius 3 is 2.55 bits per heavy atom. The number of hydrogen-bond acceptors (Lipinski definition) is 4. The molecule has 0 bridgehead atoms. The zero-order valence-electron chi connectivity index (χ0n) is 11.3. The lowest BCUT2D eigenvalue weighted by atomic mass is 10.1. The maximum absolute atomic E-state index is 11.7. The molecule has 2 amide bonds. The number of nitrogens with zero attached hydrogens (tertiary/aromatic N) is 1. The minimum absolute atomic E-state index is 0.245. The van der Waals surface area contributed by atoms with Gasteiger partial charge in [-0.3, -0.25) is 14.6 Å². The number of nitrogens with one attached hydrogen (secondary N) is 2. The van der Waals surface area contributed by atoms with Crippen molar-refractivity contribution in [2.45, 2.75) is 19.9 Å². The maximum Gasteiger partial charge on any atom is 0.326 e. The molecule has 0 aromatic carbocycles. The third-order valence-corrected chi connectivity index (χ3v) is 2.58. The number of carboxylic acid groups (broad SMARTS) is 1. The lowest BCUT2D eigenvalue weighted by Gasteiger charge is -2.17. The molecule has 0 saturated carbocycles. The van der Waals surface area contributed by atoms with Crippen LogP contribution in [0, 0.1) is 5.92 Å². The predicted molar refractivity (Wildman–Crippen MR) is 71.0 cm³/mol. The molecule has 3 N–H and O–H groups in total. The minimum atomic E-state index is -1.10. The highest BCUT2D eigenvalue weighted by atomic mass is 16.4. The van der Waals surface area contributed by atoms with Crippen molar-refractivity contribution >= 4 is 17.8 Å². The number of amides is 2. The van der Waals surface area contributed by atoms with Gasteiger partial charge in [0.25, 0.3) is 5.91 Å². The van der Waals surface area contributed by atoms with Crippen LogP contribution in [0.25, 0.3) is 0 Å². The first-order valence-corrected chi connectivity index (χ1v) is 6.12. The van der Waals surface area contributed by atoms with E-state index in [1.807, 2.05) is 0 Å². The molecule has 0 unspecified atom stereocenters. The molecule has 20 heavy (non-hydrogen) atoms. The predicted octanol–water partition coefficient (Wildman–Crippen LogP) is 0.0368. The van der Waals surface area contributed by atoms with E-state index in [-0.39, 0.29) is 12.5 Å². The Balaban J connectivity index is 2.47. The van der Waals surface area contributed by atoms with E-state index < -0.39 is 23.8 Å². The Labute approximate surface area is 116 Å². The number of rotatable bonds is 6. The Morgan fingerprint density at radius 2 is 2.05 bits per heavy atom. The monoisotopic (exact) mass is 279 g/mol. The highest BCUT2D eigenvalue weighted by molar-refractivity contribution is 5.96. The largest absolute Gasteiger partial charge is 0.480 e. The summed E-state index contributed by atoms with van der Waals surface area (Å²) in [6.07, 6.45) is 2.91. The molecule has 1 rings (SSSR count). The fourth-order valence-corrected chi connectivity index (χ4v) is 1.50. The molecule has 1 atom stereocenters. The van der Waals surface area contributed by atoms with E-state index in [1.54, 1.807) is 26.0 Å². The SMILES string of the molecule is CC(C)[C@@H](NC(=O)CNC(=O)c1cccnc1)C(=O)O. The van der Waals surface area contributed by atoms with Gasteiger partial charge in [-0.15, -0.1) is 0 Å². The van der Waals surface area contributed by atoms with Crippen LogP contribution in [-0.4, -0.2) is 40.5 Å². The van der Waals surface area contributed by atoms with Crippen molar-refractivity contribution in [1.82, 2.24) is 15.6 Å². The van der Waals surface area contributed by atoms with E-state index in [4.69, 9.17) is 5.11 Å². The number of carbonyl (C=O) groups is 3. The standard InChI is InChI=1S/C13H17N3O4/c1-8(2)11(13(19)20)16-10(17)7-15-12(18)9-4-3-5-14-6-9/h3-6,8,11H,7H2,1-2H3,(H,15,18)(H,16,17)(H,19,20)/t11-/m1/s1. The first-order valence-electron chi connectivity index (χ1n) is 6.12. The number of hydrogen-bond donors (Lipinski definition) is 3. The van der Waals surface area contributed by atoms with Gasteiger partial charge in [0.2, 0.25) is 5.91 Å². The topological polar surface area (TPSA) is 108 Å². The zero-order valence-corrected chi connectivity index (χ0v) is 11.3. The molecule has 0 saturated heterocycles. The molecule has 0 aliphatic heterocycles. The van der Waals surface area contributed by atoms with Crippen LogP contribution >= 0.6 is 0 Å². The van der Waals surface area contributed by atoms with E-state index in [9.17, 15) is 14.4 Å². The summed E-state index contributed by atoms with van der Waals surface area (Å²) in [5, 5.41) is 13.7. The fraction of sp³-hybridized carbons (Fsp3) is 0.385. The first kappa shape index (κ1) is 15.6. The van der Waals surface area contributed by atoms with Gasteiger partial charge in [0.05, 0.1) is 12.1 Å². The van der Waals surface area contributed by atoms with Gasteiger partial charge in [0.1, 0.15) is 6.04 Å². The summed E-state index contributed by atoms with van der Waals surface area (Å²) in [6.45, 7) is 3.09. The van der Waals surface area contributed by atoms with Crippen molar-refractivity contribution in [3.63, 3.8) is 0 Å². The van der Waals surface area contributed by atoms with Crippen LogP contribution in [0.5, 0.6) is 0 Å². The second-order valence-electron chi connectivity index (χ2n) is 4.55. The molecule has 108 valence electrons. The third kappa shape index (κ3) is 4.68. The van der Waals surface area contributed by atoms with Crippen LogP contribution in [0.2, 0.25) is 0 Å². The van der Waals surface area contributed by atoms with Crippen molar-refractivity contribution in [3.05, 3.63) is 30.1 Å². The van der Waals surface area contributed by atoms with Gasteiger partial charge >= 0.3 is 5.97 Å². The molecule has 1 aromatic rings. The van der Waals surface area contributed by atoms with Crippen molar-refractivity contribution in [2.24, 2.45) is 5.92 Å². The molecule has 1 aromatic heterocycles. The molecule has 0 radical (unpaired) electrons. The minimum Gasteiger partial charge on any atom is -0.480 e. The van der Waals surface area contributed by atoms with Crippen molar-refractivity contribution in [3.8, 4) is 0 Å². The van der Waals surface area contributed by atoms with Gasteiger partial charge in [-0.1, -0.05) is 13.8 Å². The maximum atomic E-state index is 11.7. The molecular formula is C13H17N3O4. The molecule has 0 spiro atoms. The quantitative estimate of drug-likeness (QED) is 0.681. The Bertz CT molecular complexity index is 488. The van der Waals surface area contributed by atoms with Crippen LogP contribution in [0.1, 0.15) is 24.2 Å². The Morgan fingerprint density at radius 1 is 1.35 bits per heavy atom. The summed E-state index contributed by atoms with van der Waals surface area (Å²) in [7, 11) is 0. The summed E-state index contributed by atoms with van der Waals surface area (Å²) in [6, 6.07) is 2.19. The second kappa shape index (κ2) is 7.22. The summed E-state index contributed by atoms with van der Waals surface area (Å²) in [5.74, 6) is -2.34. The van der Waals surface area contributed by atoms with Crippen LogP contribution in [-0.2, 0) is 9.59 Å². The van der Waals surface area contributed by atoms with Crippen LogP contribution in [0.4, 0.5) is 0 Å². The average molecular weight is 279 g/mol. The second-order valence-corrected chi connectivity index (χ2v) is 4.55. The third-order valence-electron chi connectivity index (χ3n) is 2.58. The van der Waals surface area contributed by atoms with Crippen molar-refractivity contribution < 1.29 is 19.5 Å². The summed E-state index contributed by atoms with van der Waals surface area (Å²) < 4.78 is 0. The zero-order chi connectivity index (χ0) is 15.1. The normalized spacial score (nSPS) is 11.8. The highest BCUT2D eigenvalue weighted by Crippen LogP contribution is 2.01. The summed E-state index contributed by atoms with van der Waals surface area (Å²) >= 11 is 0. The van der Waals surface area contributed by atoms with Crippen molar-refractivity contribution in [1.29, 1.82) is 0 Å². The Hall–Kier alpha value is -2.44. The molecular weight excluding hydrogens is 262 g/mol. The fourth-order valence-electron chi connectivity index (χ4n) is 1.50. The molecule has 0 aliphatic rings. The van der Waals surface area contributed by atoms with Gasteiger partial charge in [0.15, 0.2) is 0 Å². The van der Waals surface area contributed by atoms with Crippen LogP contribution < -0.4 is 10.6 Å². The van der Waals surface area contributed by atoms with Gasteiger partial charge in [-0.05, 0) is 18.1 Å². The summed E-state index contributed by atoms with van der Waals surface area (Å²) in [4.78, 5) is 38.0. The van der Waals surface area contributed by atoms with Crippen LogP contribution in [0.15, 0.2) is 24.5 Å². The van der Waals surface area contributed by atoms with Gasteiger partial charge in [0, 0.05) is 12.4 Å². The number of pyridine rings is 1. The average Bonchev–Trinajstić information content (AvgIpc) is 2.42. The lowest BCUT2D eigenvalue weighted by Crippen LogP contribution is -2.48. The van der Waals surface area contributed by atoms with E-state index in [1.165, 1.54) is 12.4 Å². The number of carboxylic acids is 1. The molecule has 0 fully saturated rings. The van der Waals surface area contributed by atoms with E-state index >= 15 is 0 Å². The smallest absolute Gasteiger partial charge is 0.326 e.